The summed E-state index contributed by atoms with van der Waals surface area (Å²) in [6.45, 7) is 2.61. The molecule has 2 saturated heterocycles. The number of halogens is 2. The quantitative estimate of drug-likeness (QED) is 0.392. The molecule has 3 aromatic rings. The minimum Gasteiger partial charge on any atom is -0.380 e. The third kappa shape index (κ3) is 5.08. The SMILES string of the molecule is O=S(=O)(c1ccc(N2CCC(F)C2)nc1)N1CCC2=Cc3c(cnn3-c3ccc(F)cc3)CC2(COCC2CC2)C1. The van der Waals surface area contributed by atoms with Gasteiger partial charge in [-0.3, -0.25) is 0 Å². The maximum absolute atomic E-state index is 13.8. The molecule has 4 aliphatic rings. The van der Waals surface area contributed by atoms with Gasteiger partial charge in [-0.15, -0.1) is 0 Å². The molecule has 2 aromatic heterocycles. The summed E-state index contributed by atoms with van der Waals surface area (Å²) in [5, 5.41) is 4.61. The number of sulfonamides is 1. The molecule has 0 amide bonds. The third-order valence-electron chi connectivity index (χ3n) is 8.83. The fourth-order valence-corrected chi connectivity index (χ4v) is 7.78. The number of nitrogens with zero attached hydrogens (tertiary/aromatic N) is 5. The van der Waals surface area contributed by atoms with Crippen molar-refractivity contribution >= 4 is 21.9 Å². The molecule has 7 rings (SSSR count). The Balaban J connectivity index is 1.17. The first-order chi connectivity index (χ1) is 19.8. The molecule has 1 aromatic carbocycles. The average Bonchev–Trinajstić information content (AvgIpc) is 3.56. The molecule has 41 heavy (non-hydrogen) atoms. The van der Waals surface area contributed by atoms with Crippen molar-refractivity contribution < 1.29 is 21.9 Å². The van der Waals surface area contributed by atoms with E-state index in [1.54, 1.807) is 28.6 Å². The summed E-state index contributed by atoms with van der Waals surface area (Å²) in [4.78, 5) is 6.36. The Hall–Kier alpha value is -3.15. The van der Waals surface area contributed by atoms with Crippen LogP contribution >= 0.6 is 0 Å². The summed E-state index contributed by atoms with van der Waals surface area (Å²) < 4.78 is 64.5. The van der Waals surface area contributed by atoms with Gasteiger partial charge in [-0.25, -0.2) is 26.9 Å². The van der Waals surface area contributed by atoms with Crippen LogP contribution in [0.3, 0.4) is 0 Å². The zero-order valence-corrected chi connectivity index (χ0v) is 23.6. The first-order valence-corrected chi connectivity index (χ1v) is 15.7. The highest BCUT2D eigenvalue weighted by molar-refractivity contribution is 7.89. The highest BCUT2D eigenvalue weighted by Crippen LogP contribution is 2.46. The molecule has 0 bridgehead atoms. The number of hydrogen-bond donors (Lipinski definition) is 0. The molecule has 0 N–H and O–H groups in total. The number of pyridine rings is 1. The highest BCUT2D eigenvalue weighted by atomic mass is 32.2. The van der Waals surface area contributed by atoms with Gasteiger partial charge in [0.25, 0.3) is 0 Å². The normalized spacial score (nSPS) is 24.7. The van der Waals surface area contributed by atoms with Crippen LogP contribution in [0.5, 0.6) is 0 Å². The van der Waals surface area contributed by atoms with Crippen molar-refractivity contribution in [1.29, 1.82) is 0 Å². The minimum absolute atomic E-state index is 0.138. The van der Waals surface area contributed by atoms with E-state index in [1.165, 1.54) is 31.2 Å². The van der Waals surface area contributed by atoms with E-state index in [9.17, 15) is 17.2 Å². The first-order valence-electron chi connectivity index (χ1n) is 14.3. The number of fused-ring (bicyclic) bond motifs is 2. The van der Waals surface area contributed by atoms with Crippen molar-refractivity contribution in [2.75, 3.05) is 44.3 Å². The molecule has 4 heterocycles. The molecule has 1 saturated carbocycles. The number of rotatable bonds is 8. The maximum atomic E-state index is 13.8. The van der Waals surface area contributed by atoms with E-state index in [0.717, 1.165) is 22.5 Å². The van der Waals surface area contributed by atoms with Crippen LogP contribution in [-0.4, -0.2) is 73.1 Å². The lowest BCUT2D eigenvalue weighted by Crippen LogP contribution is -2.51. The van der Waals surface area contributed by atoms with Gasteiger partial charge in [-0.05, 0) is 86.1 Å². The van der Waals surface area contributed by atoms with Gasteiger partial charge in [0.15, 0.2) is 0 Å². The van der Waals surface area contributed by atoms with Crippen LogP contribution in [0.15, 0.2) is 59.3 Å². The minimum atomic E-state index is -3.81. The van der Waals surface area contributed by atoms with Crippen LogP contribution in [0.25, 0.3) is 11.8 Å². The van der Waals surface area contributed by atoms with Gasteiger partial charge in [0.1, 0.15) is 22.7 Å². The summed E-state index contributed by atoms with van der Waals surface area (Å²) in [5.74, 6) is 0.884. The van der Waals surface area contributed by atoms with Crippen molar-refractivity contribution in [3.63, 3.8) is 0 Å². The molecule has 216 valence electrons. The van der Waals surface area contributed by atoms with E-state index in [0.29, 0.717) is 63.8 Å². The van der Waals surface area contributed by atoms with Crippen molar-refractivity contribution in [3.05, 3.63) is 71.4 Å². The molecule has 2 unspecified atom stereocenters. The van der Waals surface area contributed by atoms with Crippen molar-refractivity contribution in [1.82, 2.24) is 19.1 Å². The monoisotopic (exact) mass is 581 g/mol. The smallest absolute Gasteiger partial charge is 0.244 e. The van der Waals surface area contributed by atoms with Crippen LogP contribution in [0.2, 0.25) is 0 Å². The molecular weight excluding hydrogens is 548 g/mol. The highest BCUT2D eigenvalue weighted by Gasteiger charge is 2.46. The zero-order valence-electron chi connectivity index (χ0n) is 22.8. The summed E-state index contributed by atoms with van der Waals surface area (Å²) in [6.07, 6.45) is 8.45. The molecule has 0 spiro atoms. The topological polar surface area (TPSA) is 80.6 Å². The van der Waals surface area contributed by atoms with Gasteiger partial charge in [-0.1, -0.05) is 5.57 Å². The van der Waals surface area contributed by atoms with Gasteiger partial charge in [0, 0.05) is 37.9 Å². The Morgan fingerprint density at radius 2 is 1.88 bits per heavy atom. The van der Waals surface area contributed by atoms with Gasteiger partial charge >= 0.3 is 0 Å². The van der Waals surface area contributed by atoms with E-state index in [-0.39, 0.29) is 17.3 Å². The lowest BCUT2D eigenvalue weighted by atomic mass is 9.69. The number of aromatic nitrogens is 3. The second kappa shape index (κ2) is 10.3. The zero-order chi connectivity index (χ0) is 28.2. The first kappa shape index (κ1) is 26.7. The predicted octanol–water partition coefficient (Wildman–Crippen LogP) is 4.40. The van der Waals surface area contributed by atoms with Crippen LogP contribution < -0.4 is 4.90 Å². The van der Waals surface area contributed by atoms with E-state index >= 15 is 0 Å². The standard InChI is InChI=1S/C30H33F2N5O3S/c31-24-3-5-26(6-4-24)37-28-13-23-9-12-36(19-30(23,14-22(28)15-34-37)20-40-18-21-1-2-21)41(38,39)27-7-8-29(33-16-27)35-11-10-25(32)17-35/h3-8,13,15-16,21,25H,1-2,9-12,14,17-20H2. The number of hydrogen-bond acceptors (Lipinski definition) is 6. The number of alkyl halides is 1. The largest absolute Gasteiger partial charge is 0.380 e. The number of anilines is 1. The molecule has 2 aliphatic carbocycles. The summed E-state index contributed by atoms with van der Waals surface area (Å²) in [6, 6.07) is 9.50. The number of ether oxygens (including phenoxy) is 1. The summed E-state index contributed by atoms with van der Waals surface area (Å²) >= 11 is 0. The Morgan fingerprint density at radius 1 is 1.05 bits per heavy atom. The Kier molecular flexibility index (Phi) is 6.71. The Labute approximate surface area is 238 Å². The van der Waals surface area contributed by atoms with Crippen LogP contribution in [0, 0.1) is 17.2 Å². The van der Waals surface area contributed by atoms with Crippen molar-refractivity contribution in [2.45, 2.75) is 43.2 Å². The van der Waals surface area contributed by atoms with E-state index in [1.807, 2.05) is 15.8 Å². The van der Waals surface area contributed by atoms with E-state index < -0.39 is 21.6 Å². The second-order valence-electron chi connectivity index (χ2n) is 11.8. The van der Waals surface area contributed by atoms with Crippen molar-refractivity contribution in [2.24, 2.45) is 11.3 Å². The average molecular weight is 582 g/mol. The Morgan fingerprint density at radius 3 is 2.59 bits per heavy atom. The number of piperidine rings is 1. The molecule has 11 heteroatoms. The second-order valence-corrected chi connectivity index (χ2v) is 13.7. The summed E-state index contributed by atoms with van der Waals surface area (Å²) in [7, 11) is -3.81. The molecule has 8 nitrogen and oxygen atoms in total. The van der Waals surface area contributed by atoms with Gasteiger partial charge < -0.3 is 9.64 Å². The number of benzene rings is 1. The molecule has 2 atom stereocenters. The van der Waals surface area contributed by atoms with Crippen LogP contribution in [0.1, 0.15) is 36.9 Å². The molecular formula is C30H33F2N5O3S. The Bertz CT molecular complexity index is 1570. The van der Waals surface area contributed by atoms with Crippen LogP contribution in [0.4, 0.5) is 14.6 Å². The molecule has 3 fully saturated rings. The van der Waals surface area contributed by atoms with Crippen molar-refractivity contribution in [3.8, 4) is 5.69 Å². The van der Waals surface area contributed by atoms with Crippen LogP contribution in [-0.2, 0) is 21.2 Å². The molecule has 0 radical (unpaired) electrons. The fraction of sp³-hybridized carbons (Fsp3) is 0.467. The fourth-order valence-electron chi connectivity index (χ4n) is 6.31. The summed E-state index contributed by atoms with van der Waals surface area (Å²) in [5.41, 5.74) is 3.37. The van der Waals surface area contributed by atoms with E-state index in [2.05, 4.69) is 16.2 Å². The third-order valence-corrected chi connectivity index (χ3v) is 10.7. The maximum Gasteiger partial charge on any atom is 0.244 e. The predicted molar refractivity (Wildman–Crippen MR) is 151 cm³/mol. The van der Waals surface area contributed by atoms with Gasteiger partial charge in [0.05, 0.1) is 30.7 Å². The van der Waals surface area contributed by atoms with Gasteiger partial charge in [0.2, 0.25) is 10.0 Å². The lowest BCUT2D eigenvalue weighted by Gasteiger charge is -2.45. The lowest BCUT2D eigenvalue weighted by molar-refractivity contribution is 0.0358. The molecule has 2 aliphatic heterocycles. The van der Waals surface area contributed by atoms with Gasteiger partial charge in [-0.2, -0.15) is 9.40 Å². The van der Waals surface area contributed by atoms with E-state index in [4.69, 9.17) is 4.74 Å².